The summed E-state index contributed by atoms with van der Waals surface area (Å²) in [6, 6.07) is 6.07. The quantitative estimate of drug-likeness (QED) is 0.193. The third-order valence-electron chi connectivity index (χ3n) is 4.67. The van der Waals surface area contributed by atoms with Crippen LogP contribution in [-0.2, 0) is 29.2 Å². The fourth-order valence-electron chi connectivity index (χ4n) is 2.94. The molecule has 0 atom stereocenters. The molecule has 0 bridgehead atoms. The molecule has 218 valence electrons. The number of ether oxygens (including phenoxy) is 2. The predicted octanol–water partition coefficient (Wildman–Crippen LogP) is 3.66. The fraction of sp³-hybridized carbons (Fsp3) is 0.538. The van der Waals surface area contributed by atoms with Crippen LogP contribution < -0.4 is 26.4 Å². The molecule has 0 fully saturated rings. The summed E-state index contributed by atoms with van der Waals surface area (Å²) >= 11 is 0. The number of nitrogens with one attached hydrogen (secondary N) is 3. The topological polar surface area (TPSA) is 145 Å². The van der Waals surface area contributed by atoms with E-state index in [2.05, 4.69) is 31.0 Å². The molecule has 1 aromatic heterocycles. The number of unbranched alkanes of at least 4 members (excludes halogenated alkanes) is 1. The first-order valence-corrected chi connectivity index (χ1v) is 12.9. The summed E-state index contributed by atoms with van der Waals surface area (Å²) in [6.45, 7) is 10.5. The molecule has 0 aliphatic carbocycles. The molecule has 1 aromatic carbocycles. The third kappa shape index (κ3) is 15.2. The summed E-state index contributed by atoms with van der Waals surface area (Å²) in [5.74, 6) is -0.219. The number of benzene rings is 1. The maximum absolute atomic E-state index is 13.0. The van der Waals surface area contributed by atoms with Gasteiger partial charge in [-0.05, 0) is 36.5 Å². The molecule has 13 heteroatoms. The molecule has 39 heavy (non-hydrogen) atoms. The van der Waals surface area contributed by atoms with Gasteiger partial charge in [-0.2, -0.15) is 8.78 Å². The number of hydrogen-bond acceptors (Lipinski definition) is 8. The average molecular weight is 554 g/mol. The molecule has 0 saturated heterocycles. The normalized spacial score (nSPS) is 11.3. The zero-order valence-electron chi connectivity index (χ0n) is 23.3. The molecule has 0 aliphatic rings. The van der Waals surface area contributed by atoms with Crippen molar-refractivity contribution in [2.24, 2.45) is 11.7 Å². The van der Waals surface area contributed by atoms with Crippen molar-refractivity contribution in [1.29, 1.82) is 0 Å². The number of carbonyl (C=O) groups is 2. The van der Waals surface area contributed by atoms with Crippen LogP contribution in [0.1, 0.15) is 58.7 Å². The predicted molar refractivity (Wildman–Crippen MR) is 143 cm³/mol. The van der Waals surface area contributed by atoms with Gasteiger partial charge in [0, 0.05) is 32.8 Å². The summed E-state index contributed by atoms with van der Waals surface area (Å²) in [7, 11) is 0. The highest BCUT2D eigenvalue weighted by Crippen LogP contribution is 2.21. The highest BCUT2D eigenvalue weighted by atomic mass is 19.3. The molecule has 5 N–H and O–H groups in total. The van der Waals surface area contributed by atoms with E-state index >= 15 is 0 Å². The zero-order valence-corrected chi connectivity index (χ0v) is 23.3. The van der Waals surface area contributed by atoms with E-state index in [0.29, 0.717) is 37.9 Å². The molecule has 0 saturated carbocycles. The summed E-state index contributed by atoms with van der Waals surface area (Å²) in [5.41, 5.74) is 7.00. The van der Waals surface area contributed by atoms with Crippen molar-refractivity contribution in [2.45, 2.75) is 73.2 Å². The fourth-order valence-corrected chi connectivity index (χ4v) is 2.94. The van der Waals surface area contributed by atoms with Gasteiger partial charge < -0.3 is 31.2 Å². The van der Waals surface area contributed by atoms with Gasteiger partial charge >= 0.3 is 12.2 Å². The Balaban J connectivity index is 0.00000371. The van der Waals surface area contributed by atoms with E-state index in [1.165, 1.54) is 18.3 Å². The Morgan fingerprint density at radius 1 is 1.18 bits per heavy atom. The number of nitrogens with zero attached hydrogens (tertiary/aromatic N) is 3. The Labute approximate surface area is 228 Å². The van der Waals surface area contributed by atoms with E-state index in [4.69, 9.17) is 10.5 Å². The monoisotopic (exact) mass is 553 g/mol. The van der Waals surface area contributed by atoms with E-state index in [1.54, 1.807) is 23.0 Å². The van der Waals surface area contributed by atoms with Gasteiger partial charge in [-0.25, -0.2) is 4.79 Å². The van der Waals surface area contributed by atoms with Gasteiger partial charge in [-0.15, -0.1) is 5.10 Å². The van der Waals surface area contributed by atoms with E-state index < -0.39 is 18.1 Å². The van der Waals surface area contributed by atoms with E-state index in [9.17, 15) is 18.4 Å². The van der Waals surface area contributed by atoms with Gasteiger partial charge in [0.05, 0.1) is 19.3 Å². The average Bonchev–Trinajstić information content (AvgIpc) is 3.34. The molecule has 0 spiro atoms. The summed E-state index contributed by atoms with van der Waals surface area (Å²) in [6.07, 6.45) is 0.987. The SMILES string of the molecule is CC.CC(C)COC(=O)NCc1cn(CCCCN/C=C(\N)C(=O)NCc2cccc(OC(C)(F)F)c2)nn1. The van der Waals surface area contributed by atoms with Crippen molar-refractivity contribution in [1.82, 2.24) is 30.9 Å². The van der Waals surface area contributed by atoms with Gasteiger partial charge in [0.25, 0.3) is 5.91 Å². The first-order chi connectivity index (χ1) is 18.5. The number of hydrogen-bond donors (Lipinski definition) is 4. The van der Waals surface area contributed by atoms with Crippen LogP contribution in [0.3, 0.4) is 0 Å². The van der Waals surface area contributed by atoms with Crippen molar-refractivity contribution in [2.75, 3.05) is 13.2 Å². The Kier molecular flexibility index (Phi) is 14.9. The molecule has 2 amide bonds. The van der Waals surface area contributed by atoms with Gasteiger partial charge in [0.1, 0.15) is 17.1 Å². The van der Waals surface area contributed by atoms with Crippen molar-refractivity contribution in [3.8, 4) is 5.75 Å². The molecule has 1 heterocycles. The lowest BCUT2D eigenvalue weighted by Crippen LogP contribution is -2.29. The Morgan fingerprint density at radius 3 is 2.62 bits per heavy atom. The van der Waals surface area contributed by atoms with Crippen molar-refractivity contribution in [3.05, 3.63) is 53.6 Å². The largest absolute Gasteiger partial charge is 0.449 e. The molecule has 2 aromatic rings. The summed E-state index contributed by atoms with van der Waals surface area (Å²) in [4.78, 5) is 23.7. The van der Waals surface area contributed by atoms with Crippen LogP contribution in [0.15, 0.2) is 42.4 Å². The second-order valence-corrected chi connectivity index (χ2v) is 8.82. The van der Waals surface area contributed by atoms with E-state index in [0.717, 1.165) is 12.8 Å². The van der Waals surface area contributed by atoms with Crippen molar-refractivity contribution >= 4 is 12.0 Å². The third-order valence-corrected chi connectivity index (χ3v) is 4.67. The number of amides is 2. The number of alkyl halides is 2. The highest BCUT2D eigenvalue weighted by molar-refractivity contribution is 5.92. The maximum atomic E-state index is 13.0. The minimum atomic E-state index is -3.29. The number of alkyl carbamates (subject to hydrolysis) is 1. The lowest BCUT2D eigenvalue weighted by atomic mass is 10.2. The molecular weight excluding hydrogens is 512 g/mol. The first-order valence-electron chi connectivity index (χ1n) is 12.9. The van der Waals surface area contributed by atoms with Gasteiger partial charge in [0.2, 0.25) is 0 Å². The minimum Gasteiger partial charge on any atom is -0.449 e. The van der Waals surface area contributed by atoms with Gasteiger partial charge in [-0.3, -0.25) is 9.48 Å². The van der Waals surface area contributed by atoms with Crippen molar-refractivity contribution < 1.29 is 27.8 Å². The molecule has 2 rings (SSSR count). The Hall–Kier alpha value is -3.90. The van der Waals surface area contributed by atoms with Crippen LogP contribution in [0.2, 0.25) is 0 Å². The van der Waals surface area contributed by atoms with Crippen LogP contribution in [0.25, 0.3) is 0 Å². The number of carbonyl (C=O) groups excluding carboxylic acids is 2. The first kappa shape index (κ1) is 33.1. The zero-order chi connectivity index (χ0) is 29.3. The molecule has 0 unspecified atom stereocenters. The van der Waals surface area contributed by atoms with E-state index in [-0.39, 0.29) is 30.5 Å². The van der Waals surface area contributed by atoms with Crippen LogP contribution in [0, 0.1) is 5.92 Å². The lowest BCUT2D eigenvalue weighted by Gasteiger charge is -2.14. The second kappa shape index (κ2) is 17.6. The van der Waals surface area contributed by atoms with Crippen LogP contribution >= 0.6 is 0 Å². The standard InChI is InChI=1S/C24H35F2N7O4.C2H6/c1-17(2)16-36-23(35)30-13-19-15-33(32-31-19)10-5-4-9-28-14-21(27)22(34)29-12-18-7-6-8-20(11-18)37-24(3,25)26;1-2/h6-8,11,14-15,17,28H,4-5,9-10,12-13,16,27H2,1-3H3,(H,29,34)(H,30,35);1-2H3/b21-14-;. The molecule has 0 radical (unpaired) electrons. The van der Waals surface area contributed by atoms with Crippen LogP contribution in [-0.4, -0.2) is 46.3 Å². The van der Waals surface area contributed by atoms with Crippen LogP contribution in [0.5, 0.6) is 5.75 Å². The van der Waals surface area contributed by atoms with Gasteiger partial charge in [0.15, 0.2) is 0 Å². The number of rotatable bonds is 15. The second-order valence-electron chi connectivity index (χ2n) is 8.82. The number of nitrogens with two attached hydrogens (primary N) is 1. The van der Waals surface area contributed by atoms with Gasteiger partial charge in [-0.1, -0.05) is 45.0 Å². The number of aromatic nitrogens is 3. The Morgan fingerprint density at radius 2 is 1.92 bits per heavy atom. The lowest BCUT2D eigenvalue weighted by molar-refractivity contribution is -0.159. The minimum absolute atomic E-state index is 0.00464. The summed E-state index contributed by atoms with van der Waals surface area (Å²) < 4.78 is 37.2. The van der Waals surface area contributed by atoms with Crippen LogP contribution in [0.4, 0.5) is 13.6 Å². The smallest absolute Gasteiger partial charge is 0.407 e. The summed E-state index contributed by atoms with van der Waals surface area (Å²) in [5, 5.41) is 16.3. The maximum Gasteiger partial charge on any atom is 0.407 e. The number of aryl methyl sites for hydroxylation is 1. The van der Waals surface area contributed by atoms with Crippen molar-refractivity contribution in [3.63, 3.8) is 0 Å². The van der Waals surface area contributed by atoms with E-state index in [1.807, 2.05) is 27.7 Å². The highest BCUT2D eigenvalue weighted by Gasteiger charge is 2.23. The number of halogens is 2. The molecule has 0 aliphatic heterocycles. The molecule has 11 nitrogen and oxygen atoms in total. The molecular formula is C26H41F2N7O4. The Bertz CT molecular complexity index is 1040.